The van der Waals surface area contributed by atoms with E-state index >= 15 is 0 Å². The Balaban J connectivity index is 0.00000157. The van der Waals surface area contributed by atoms with Gasteiger partial charge < -0.3 is 9.97 Å². The number of aromatic amines is 2. The molecule has 120 valence electrons. The first-order valence-corrected chi connectivity index (χ1v) is 7.85. The van der Waals surface area contributed by atoms with Gasteiger partial charge in [-0.1, -0.05) is 0 Å². The normalized spacial score (nSPS) is 12.2. The van der Waals surface area contributed by atoms with Crippen LogP contribution in [0.4, 0.5) is 0 Å². The van der Waals surface area contributed by atoms with Crippen molar-refractivity contribution in [3.8, 4) is 0 Å². The van der Waals surface area contributed by atoms with Crippen LogP contribution in [0.15, 0.2) is 48.5 Å². The second kappa shape index (κ2) is 6.20. The summed E-state index contributed by atoms with van der Waals surface area (Å²) in [6, 6.07) is 16.4. The van der Waals surface area contributed by atoms with Gasteiger partial charge in [-0.3, -0.25) is 0 Å². The summed E-state index contributed by atoms with van der Waals surface area (Å²) in [6.45, 7) is 0. The Morgan fingerprint density at radius 3 is 1.28 bits per heavy atom. The van der Waals surface area contributed by atoms with Crippen molar-refractivity contribution in [2.75, 3.05) is 0 Å². The van der Waals surface area contributed by atoms with Crippen molar-refractivity contribution in [2.45, 2.75) is 0 Å². The minimum absolute atomic E-state index is 0. The first-order valence-electron chi connectivity index (χ1n) is 7.85. The van der Waals surface area contributed by atoms with E-state index in [2.05, 4.69) is 50.3 Å². The first-order chi connectivity index (χ1) is 11.8. The van der Waals surface area contributed by atoms with Gasteiger partial charge in [-0.05, 0) is 72.8 Å². The maximum absolute atomic E-state index is 4.62. The number of nitrogens with zero attached hydrogens (tertiary/aromatic N) is 2. The van der Waals surface area contributed by atoms with Gasteiger partial charge in [0.25, 0.3) is 0 Å². The van der Waals surface area contributed by atoms with Crippen molar-refractivity contribution < 1.29 is 16.8 Å². The van der Waals surface area contributed by atoms with E-state index in [1.54, 1.807) is 0 Å². The van der Waals surface area contributed by atoms with Crippen molar-refractivity contribution in [1.29, 1.82) is 0 Å². The molecule has 0 amide bonds. The van der Waals surface area contributed by atoms with E-state index in [1.165, 1.54) is 0 Å². The van der Waals surface area contributed by atoms with E-state index in [0.29, 0.717) is 0 Å². The van der Waals surface area contributed by atoms with Crippen LogP contribution in [-0.4, -0.2) is 19.9 Å². The van der Waals surface area contributed by atoms with E-state index in [-0.39, 0.29) is 16.8 Å². The van der Waals surface area contributed by atoms with Crippen molar-refractivity contribution >= 4 is 46.4 Å². The predicted octanol–water partition coefficient (Wildman–Crippen LogP) is 4.65. The average Bonchev–Trinajstić information content (AvgIpc) is 3.32. The van der Waals surface area contributed by atoms with Crippen LogP contribution in [-0.2, 0) is 16.8 Å². The number of hydrogen-bond acceptors (Lipinski definition) is 2. The molecular weight excluding hydrogens is 355 g/mol. The zero-order valence-corrected chi connectivity index (χ0v) is 14.2. The van der Waals surface area contributed by atoms with Gasteiger partial charge in [-0.15, -0.1) is 0 Å². The van der Waals surface area contributed by atoms with Gasteiger partial charge in [-0.2, -0.15) is 0 Å². The summed E-state index contributed by atoms with van der Waals surface area (Å²) in [6.07, 6.45) is 8.05. The van der Waals surface area contributed by atoms with Gasteiger partial charge in [0.05, 0.1) is 22.8 Å². The van der Waals surface area contributed by atoms with Gasteiger partial charge in [0.1, 0.15) is 0 Å². The molecule has 5 heterocycles. The van der Waals surface area contributed by atoms with E-state index < -0.39 is 0 Å². The number of fused-ring (bicyclic) bond motifs is 8. The van der Waals surface area contributed by atoms with Crippen LogP contribution in [0.1, 0.15) is 22.8 Å². The molecule has 4 nitrogen and oxygen atoms in total. The van der Waals surface area contributed by atoms with Crippen LogP contribution in [0.3, 0.4) is 0 Å². The third-order valence-electron chi connectivity index (χ3n) is 4.04. The third kappa shape index (κ3) is 3.20. The van der Waals surface area contributed by atoms with Gasteiger partial charge >= 0.3 is 16.8 Å². The van der Waals surface area contributed by atoms with Crippen molar-refractivity contribution in [3.05, 3.63) is 71.3 Å². The number of rotatable bonds is 0. The SMILES string of the molecule is C1=Cc2cc3ccc(cc4ccc(cc5nc(cc1n2)C=C5)[nH]4)[nH]3.[Co+3]. The molecule has 2 aliphatic heterocycles. The molecule has 0 radical (unpaired) electrons. The monoisotopic (exact) mass is 369 g/mol. The van der Waals surface area contributed by atoms with Crippen LogP contribution in [0, 0.1) is 0 Å². The Labute approximate surface area is 154 Å². The summed E-state index contributed by atoms with van der Waals surface area (Å²) in [5.41, 5.74) is 7.86. The smallest absolute Gasteiger partial charge is 0.355 e. The molecule has 3 aromatic rings. The molecule has 2 aliphatic rings. The molecule has 0 saturated heterocycles. The summed E-state index contributed by atoms with van der Waals surface area (Å²) in [5, 5.41) is 0. The predicted molar refractivity (Wildman–Crippen MR) is 98.9 cm³/mol. The van der Waals surface area contributed by atoms with Crippen LogP contribution >= 0.6 is 0 Å². The summed E-state index contributed by atoms with van der Waals surface area (Å²) in [4.78, 5) is 16.0. The minimum Gasteiger partial charge on any atom is -0.355 e. The van der Waals surface area contributed by atoms with Gasteiger partial charge in [-0.25, -0.2) is 9.97 Å². The fraction of sp³-hybridized carbons (Fsp3) is 0. The number of aromatic nitrogens is 4. The topological polar surface area (TPSA) is 57.4 Å². The molecule has 0 unspecified atom stereocenters. The molecular formula is C20H14CoN4+3. The average molecular weight is 369 g/mol. The van der Waals surface area contributed by atoms with E-state index in [9.17, 15) is 0 Å². The minimum atomic E-state index is 0. The van der Waals surface area contributed by atoms with Crippen LogP contribution < -0.4 is 0 Å². The Morgan fingerprint density at radius 1 is 0.480 bits per heavy atom. The first kappa shape index (κ1) is 15.6. The summed E-state index contributed by atoms with van der Waals surface area (Å²) in [5.74, 6) is 0. The van der Waals surface area contributed by atoms with Crippen molar-refractivity contribution in [2.24, 2.45) is 0 Å². The zero-order chi connectivity index (χ0) is 15.9. The molecule has 0 fully saturated rings. The molecule has 5 heteroatoms. The van der Waals surface area contributed by atoms with Gasteiger partial charge in [0.15, 0.2) is 0 Å². The van der Waals surface area contributed by atoms with Crippen LogP contribution in [0.25, 0.3) is 46.4 Å². The Morgan fingerprint density at radius 2 is 0.840 bits per heavy atom. The standard InChI is InChI=1S/C20H14N4.Co/c1-2-14-10-16-5-6-18(23-16)12-20-8-7-19(24-20)11-17-4-3-15(22-17)9-13(1)21-14;/h1-12,21-22H;/q;+3. The molecule has 0 atom stereocenters. The van der Waals surface area contributed by atoms with Gasteiger partial charge in [0, 0.05) is 22.1 Å². The summed E-state index contributed by atoms with van der Waals surface area (Å²) in [7, 11) is 0. The second-order valence-corrected chi connectivity index (χ2v) is 5.91. The Hall–Kier alpha value is -2.89. The molecule has 0 spiro atoms. The largest absolute Gasteiger partial charge is 3.00 e. The third-order valence-corrected chi connectivity index (χ3v) is 4.04. The van der Waals surface area contributed by atoms with Crippen LogP contribution in [0.5, 0.6) is 0 Å². The fourth-order valence-electron chi connectivity index (χ4n) is 2.94. The van der Waals surface area contributed by atoms with E-state index in [0.717, 1.165) is 44.8 Å². The molecule has 0 aromatic carbocycles. The molecule has 0 aliphatic carbocycles. The summed E-state index contributed by atoms with van der Waals surface area (Å²) >= 11 is 0. The maximum Gasteiger partial charge on any atom is 3.00 e. The fourth-order valence-corrected chi connectivity index (χ4v) is 2.94. The maximum atomic E-state index is 4.62. The van der Waals surface area contributed by atoms with Crippen molar-refractivity contribution in [3.63, 3.8) is 0 Å². The molecule has 2 N–H and O–H groups in total. The molecule has 0 saturated carbocycles. The number of H-pyrrole nitrogens is 2. The zero-order valence-electron chi connectivity index (χ0n) is 13.2. The quantitative estimate of drug-likeness (QED) is 0.417. The number of hydrogen-bond donors (Lipinski definition) is 2. The van der Waals surface area contributed by atoms with Gasteiger partial charge in [0.2, 0.25) is 0 Å². The van der Waals surface area contributed by atoms with Crippen molar-refractivity contribution in [1.82, 2.24) is 19.9 Å². The Kier molecular flexibility index (Phi) is 3.87. The molecule has 8 bridgehead atoms. The second-order valence-electron chi connectivity index (χ2n) is 5.91. The Bertz CT molecular complexity index is 1080. The number of nitrogens with one attached hydrogen (secondary N) is 2. The van der Waals surface area contributed by atoms with E-state index in [1.807, 2.05) is 42.5 Å². The van der Waals surface area contributed by atoms with E-state index in [4.69, 9.17) is 0 Å². The molecule has 5 rings (SSSR count). The van der Waals surface area contributed by atoms with Crippen LogP contribution in [0.2, 0.25) is 0 Å². The molecule has 3 aromatic heterocycles. The molecule has 25 heavy (non-hydrogen) atoms. The summed E-state index contributed by atoms with van der Waals surface area (Å²) < 4.78 is 0.